The van der Waals surface area contributed by atoms with E-state index in [1.54, 1.807) is 84.0 Å². The van der Waals surface area contributed by atoms with Crippen LogP contribution in [0.25, 0.3) is 0 Å². The molecule has 0 radical (unpaired) electrons. The fourth-order valence-corrected chi connectivity index (χ4v) is 4.85. The summed E-state index contributed by atoms with van der Waals surface area (Å²) in [5.74, 6) is -2.02. The van der Waals surface area contributed by atoms with Crippen LogP contribution < -0.4 is 10.6 Å². The molecule has 0 spiro atoms. The molecular formula is C37H44N4O6. The number of hydrogen-bond donors (Lipinski definition) is 2. The summed E-state index contributed by atoms with van der Waals surface area (Å²) >= 11 is 0. The molecule has 3 atom stereocenters. The maximum Gasteiger partial charge on any atom is 0.408 e. The van der Waals surface area contributed by atoms with Crippen LogP contribution in [0, 0.1) is 11.3 Å². The van der Waals surface area contributed by atoms with Gasteiger partial charge in [-0.3, -0.25) is 9.59 Å². The molecule has 0 aliphatic carbocycles. The Balaban J connectivity index is 2.04. The van der Waals surface area contributed by atoms with E-state index in [9.17, 15) is 24.4 Å². The van der Waals surface area contributed by atoms with Crippen molar-refractivity contribution in [2.75, 3.05) is 6.54 Å². The first-order chi connectivity index (χ1) is 22.2. The highest BCUT2D eigenvalue weighted by molar-refractivity contribution is 5.94. The number of carbonyl (C=O) groups is 4. The van der Waals surface area contributed by atoms with E-state index in [4.69, 9.17) is 9.47 Å². The minimum atomic E-state index is -1.33. The lowest BCUT2D eigenvalue weighted by Crippen LogP contribution is -2.55. The number of alkyl carbamates (subject to hydrolysis) is 1. The molecule has 0 fully saturated rings. The third-order valence-corrected chi connectivity index (χ3v) is 6.76. The fourth-order valence-electron chi connectivity index (χ4n) is 4.85. The minimum absolute atomic E-state index is 0.0680. The Kier molecular flexibility index (Phi) is 12.7. The molecule has 0 heterocycles. The molecule has 10 nitrogen and oxygen atoms in total. The van der Waals surface area contributed by atoms with Crippen molar-refractivity contribution in [2.24, 2.45) is 0 Å². The van der Waals surface area contributed by atoms with Crippen LogP contribution in [0.2, 0.25) is 0 Å². The first-order valence-electron chi connectivity index (χ1n) is 15.5. The normalized spacial score (nSPS) is 13.2. The van der Waals surface area contributed by atoms with Gasteiger partial charge in [0.1, 0.15) is 35.9 Å². The Morgan fingerprint density at radius 3 is 1.64 bits per heavy atom. The standard InChI is InChI=1S/C37H44N4O6/c1-36(2,3)46-34(44)30(25-27-18-12-8-13-19-27)39-32(42)31(28-20-14-9-15-21-28)41(23-22-38)33(43)29(24-26-16-10-7-11-17-26)40-35(45)47-37(4,5)6/h7-21,29-31H,23-25H2,1-6H3,(H,39,42)(H,40,45). The van der Waals surface area contributed by atoms with E-state index in [0.29, 0.717) is 5.56 Å². The molecule has 0 bridgehead atoms. The maximum absolute atomic E-state index is 14.4. The third kappa shape index (κ3) is 11.9. The van der Waals surface area contributed by atoms with Gasteiger partial charge < -0.3 is 25.0 Å². The van der Waals surface area contributed by atoms with Gasteiger partial charge in [0.15, 0.2) is 0 Å². The van der Waals surface area contributed by atoms with Crippen molar-refractivity contribution in [3.8, 4) is 6.07 Å². The summed E-state index contributed by atoms with van der Waals surface area (Å²) in [5.41, 5.74) is 0.281. The van der Waals surface area contributed by atoms with Crippen LogP contribution >= 0.6 is 0 Å². The van der Waals surface area contributed by atoms with Crippen molar-refractivity contribution in [1.29, 1.82) is 5.26 Å². The number of carbonyl (C=O) groups excluding carboxylic acids is 4. The molecular weight excluding hydrogens is 596 g/mol. The SMILES string of the molecule is CC(C)(C)OC(=O)NC(Cc1ccccc1)C(=O)N(CC#N)C(C(=O)NC(Cc1ccccc1)C(=O)OC(C)(C)C)c1ccccc1. The zero-order chi connectivity index (χ0) is 34.6. The van der Waals surface area contributed by atoms with Gasteiger partial charge in [-0.05, 0) is 58.2 Å². The highest BCUT2D eigenvalue weighted by Gasteiger charge is 2.38. The Hall–Kier alpha value is -5.17. The zero-order valence-electron chi connectivity index (χ0n) is 27.9. The average Bonchev–Trinajstić information content (AvgIpc) is 2.99. The predicted molar refractivity (Wildman–Crippen MR) is 178 cm³/mol. The van der Waals surface area contributed by atoms with Crippen molar-refractivity contribution >= 4 is 23.9 Å². The summed E-state index contributed by atoms with van der Waals surface area (Å²) < 4.78 is 11.1. The molecule has 0 aromatic heterocycles. The Morgan fingerprint density at radius 1 is 0.702 bits per heavy atom. The van der Waals surface area contributed by atoms with Crippen molar-refractivity contribution < 1.29 is 28.7 Å². The molecule has 0 aliphatic heterocycles. The van der Waals surface area contributed by atoms with E-state index in [0.717, 1.165) is 16.0 Å². The Morgan fingerprint density at radius 2 is 1.17 bits per heavy atom. The molecule has 0 saturated carbocycles. The fraction of sp³-hybridized carbons (Fsp3) is 0.378. The summed E-state index contributed by atoms with van der Waals surface area (Å²) in [5, 5.41) is 15.4. The van der Waals surface area contributed by atoms with E-state index < -0.39 is 59.7 Å². The zero-order valence-corrected chi connectivity index (χ0v) is 27.9. The van der Waals surface area contributed by atoms with Gasteiger partial charge in [-0.25, -0.2) is 9.59 Å². The van der Waals surface area contributed by atoms with Gasteiger partial charge >= 0.3 is 12.1 Å². The number of hydrogen-bond acceptors (Lipinski definition) is 7. The van der Waals surface area contributed by atoms with Crippen molar-refractivity contribution in [2.45, 2.75) is 83.7 Å². The van der Waals surface area contributed by atoms with Gasteiger partial charge in [0.05, 0.1) is 6.07 Å². The molecule has 0 saturated heterocycles. The summed E-state index contributed by atoms with van der Waals surface area (Å²) in [4.78, 5) is 56.1. The predicted octanol–water partition coefficient (Wildman–Crippen LogP) is 5.29. The first-order valence-corrected chi connectivity index (χ1v) is 15.5. The summed E-state index contributed by atoms with van der Waals surface area (Å²) in [6.07, 6.45) is -0.623. The number of amides is 3. The molecule has 0 aliphatic rings. The number of benzene rings is 3. The second-order valence-electron chi connectivity index (χ2n) is 13.1. The molecule has 3 amide bonds. The Bertz CT molecular complexity index is 1530. The van der Waals surface area contributed by atoms with E-state index >= 15 is 0 Å². The second-order valence-corrected chi connectivity index (χ2v) is 13.1. The van der Waals surface area contributed by atoms with Crippen LogP contribution in [-0.4, -0.2) is 58.6 Å². The molecule has 2 N–H and O–H groups in total. The van der Waals surface area contributed by atoms with Crippen molar-refractivity contribution in [1.82, 2.24) is 15.5 Å². The molecule has 3 rings (SSSR count). The molecule has 47 heavy (non-hydrogen) atoms. The first kappa shape index (κ1) is 36.3. The van der Waals surface area contributed by atoms with Crippen molar-refractivity contribution in [3.05, 3.63) is 108 Å². The quantitative estimate of drug-likeness (QED) is 0.203. The van der Waals surface area contributed by atoms with Gasteiger partial charge in [-0.15, -0.1) is 0 Å². The van der Waals surface area contributed by atoms with Gasteiger partial charge in [0.25, 0.3) is 0 Å². The van der Waals surface area contributed by atoms with Crippen LogP contribution in [0.4, 0.5) is 4.79 Å². The lowest BCUT2D eigenvalue weighted by molar-refractivity contribution is -0.159. The maximum atomic E-state index is 14.4. The lowest BCUT2D eigenvalue weighted by atomic mass is 9.99. The highest BCUT2D eigenvalue weighted by Crippen LogP contribution is 2.24. The number of nitrogens with zero attached hydrogens (tertiary/aromatic N) is 2. The molecule has 3 aromatic carbocycles. The van der Waals surface area contributed by atoms with Crippen LogP contribution in [0.5, 0.6) is 0 Å². The van der Waals surface area contributed by atoms with Crippen LogP contribution in [-0.2, 0) is 36.7 Å². The number of nitriles is 1. The second kappa shape index (κ2) is 16.4. The van der Waals surface area contributed by atoms with E-state index in [-0.39, 0.29) is 12.8 Å². The molecule has 248 valence electrons. The smallest absolute Gasteiger partial charge is 0.408 e. The minimum Gasteiger partial charge on any atom is -0.458 e. The van der Waals surface area contributed by atoms with E-state index in [1.807, 2.05) is 54.6 Å². The van der Waals surface area contributed by atoms with E-state index in [2.05, 4.69) is 10.6 Å². The van der Waals surface area contributed by atoms with Gasteiger partial charge in [-0.1, -0.05) is 91.0 Å². The number of ether oxygens (including phenoxy) is 2. The number of rotatable bonds is 12. The van der Waals surface area contributed by atoms with Gasteiger partial charge in [0, 0.05) is 12.8 Å². The highest BCUT2D eigenvalue weighted by atomic mass is 16.6. The van der Waals surface area contributed by atoms with Gasteiger partial charge in [-0.2, -0.15) is 5.26 Å². The topological polar surface area (TPSA) is 138 Å². The average molecular weight is 641 g/mol. The number of nitrogens with one attached hydrogen (secondary N) is 2. The van der Waals surface area contributed by atoms with E-state index in [1.165, 1.54) is 0 Å². The monoisotopic (exact) mass is 640 g/mol. The summed E-state index contributed by atoms with van der Waals surface area (Å²) in [6, 6.07) is 25.1. The summed E-state index contributed by atoms with van der Waals surface area (Å²) in [6.45, 7) is 9.83. The number of esters is 1. The van der Waals surface area contributed by atoms with Crippen LogP contribution in [0.1, 0.15) is 64.3 Å². The van der Waals surface area contributed by atoms with Crippen LogP contribution in [0.15, 0.2) is 91.0 Å². The molecule has 3 unspecified atom stereocenters. The largest absolute Gasteiger partial charge is 0.458 e. The van der Waals surface area contributed by atoms with Crippen LogP contribution in [0.3, 0.4) is 0 Å². The lowest BCUT2D eigenvalue weighted by Gasteiger charge is -2.34. The molecule has 3 aromatic rings. The third-order valence-electron chi connectivity index (χ3n) is 6.76. The molecule has 10 heteroatoms. The van der Waals surface area contributed by atoms with Gasteiger partial charge in [0.2, 0.25) is 11.8 Å². The summed E-state index contributed by atoms with van der Waals surface area (Å²) in [7, 11) is 0. The van der Waals surface area contributed by atoms with Crippen molar-refractivity contribution in [3.63, 3.8) is 0 Å². The Labute approximate surface area is 277 Å².